The van der Waals surface area contributed by atoms with Gasteiger partial charge in [-0.15, -0.1) is 0 Å². The summed E-state index contributed by atoms with van der Waals surface area (Å²) in [6.45, 7) is 1.97. The van der Waals surface area contributed by atoms with E-state index in [9.17, 15) is 8.78 Å². The maximum atomic E-state index is 13.4. The van der Waals surface area contributed by atoms with Crippen molar-refractivity contribution in [2.75, 3.05) is 0 Å². The average Bonchev–Trinajstić information content (AvgIpc) is 3.07. The van der Waals surface area contributed by atoms with Crippen LogP contribution in [0.5, 0.6) is 0 Å². The van der Waals surface area contributed by atoms with Gasteiger partial charge in [-0.25, -0.2) is 8.78 Å². The van der Waals surface area contributed by atoms with E-state index < -0.39 is 0 Å². The lowest BCUT2D eigenvalue weighted by atomic mass is 9.98. The van der Waals surface area contributed by atoms with Crippen LogP contribution >= 0.6 is 0 Å². The summed E-state index contributed by atoms with van der Waals surface area (Å²) < 4.78 is 28.8. The molecule has 0 fully saturated rings. The van der Waals surface area contributed by atoms with Crippen molar-refractivity contribution >= 4 is 0 Å². The van der Waals surface area contributed by atoms with Crippen LogP contribution in [0.15, 0.2) is 79.1 Å². The number of hydrogen-bond donors (Lipinski definition) is 0. The molecule has 0 spiro atoms. The topological polar surface area (TPSA) is 30.7 Å². The molecular weight excluding hydrogens is 344 g/mol. The molecule has 0 unspecified atom stereocenters. The van der Waals surface area contributed by atoms with E-state index in [0.29, 0.717) is 0 Å². The minimum Gasteiger partial charge on any atom is -0.265 e. The lowest BCUT2D eigenvalue weighted by Crippen LogP contribution is -2.15. The summed E-state index contributed by atoms with van der Waals surface area (Å²) in [6.07, 6.45) is 3.45. The molecule has 0 radical (unpaired) electrons. The molecule has 0 saturated carbocycles. The highest BCUT2D eigenvalue weighted by Crippen LogP contribution is 2.30. The molecule has 3 nitrogen and oxygen atoms in total. The van der Waals surface area contributed by atoms with Crippen LogP contribution < -0.4 is 0 Å². The van der Waals surface area contributed by atoms with Gasteiger partial charge in [-0.2, -0.15) is 5.10 Å². The molecule has 0 saturated heterocycles. The number of aryl methyl sites for hydroxylation is 1. The molecule has 2 aromatic heterocycles. The van der Waals surface area contributed by atoms with Gasteiger partial charge in [0.15, 0.2) is 0 Å². The van der Waals surface area contributed by atoms with E-state index in [2.05, 4.69) is 4.98 Å². The van der Waals surface area contributed by atoms with E-state index in [-0.39, 0.29) is 17.7 Å². The summed E-state index contributed by atoms with van der Waals surface area (Å²) in [5, 5.41) is 4.78. The molecule has 0 aliphatic rings. The first kappa shape index (κ1) is 17.1. The second kappa shape index (κ2) is 7.11. The predicted molar refractivity (Wildman–Crippen MR) is 100 cm³/mol. The van der Waals surface area contributed by atoms with Crippen LogP contribution in [-0.2, 0) is 0 Å². The number of rotatable bonds is 4. The van der Waals surface area contributed by atoms with Crippen molar-refractivity contribution in [3.8, 4) is 11.3 Å². The molecule has 2 heterocycles. The zero-order valence-corrected chi connectivity index (χ0v) is 14.7. The van der Waals surface area contributed by atoms with Gasteiger partial charge < -0.3 is 0 Å². The van der Waals surface area contributed by atoms with E-state index in [0.717, 1.165) is 28.1 Å². The lowest BCUT2D eigenvalue weighted by molar-refractivity contribution is 0.574. The zero-order valence-electron chi connectivity index (χ0n) is 14.7. The molecule has 0 aliphatic heterocycles. The summed E-state index contributed by atoms with van der Waals surface area (Å²) in [5.41, 5.74) is 4.47. The van der Waals surface area contributed by atoms with Crippen LogP contribution in [0.3, 0.4) is 0 Å². The van der Waals surface area contributed by atoms with Crippen LogP contribution in [0.2, 0.25) is 0 Å². The standard InChI is InChI=1S/C22H17F2N3/c1-15-14-21(16-10-12-25-13-11-16)26-27(15)22(17-2-6-19(23)7-3-17)18-4-8-20(24)9-5-18/h2-14,22H,1H3. The molecule has 2 aromatic carbocycles. The second-order valence-electron chi connectivity index (χ2n) is 6.36. The van der Waals surface area contributed by atoms with Gasteiger partial charge in [0.2, 0.25) is 0 Å². The number of benzene rings is 2. The van der Waals surface area contributed by atoms with Crippen molar-refractivity contribution in [1.82, 2.24) is 14.8 Å². The van der Waals surface area contributed by atoms with E-state index in [1.54, 1.807) is 36.7 Å². The summed E-state index contributed by atoms with van der Waals surface area (Å²) >= 11 is 0. The zero-order chi connectivity index (χ0) is 18.8. The maximum Gasteiger partial charge on any atom is 0.123 e. The molecule has 5 heteroatoms. The van der Waals surface area contributed by atoms with E-state index >= 15 is 0 Å². The Labute approximate surface area is 155 Å². The Morgan fingerprint density at radius 1 is 0.778 bits per heavy atom. The van der Waals surface area contributed by atoms with Gasteiger partial charge >= 0.3 is 0 Å². The summed E-state index contributed by atoms with van der Waals surface area (Å²) in [4.78, 5) is 4.04. The van der Waals surface area contributed by atoms with Gasteiger partial charge in [0.1, 0.15) is 17.7 Å². The van der Waals surface area contributed by atoms with Gasteiger partial charge in [0.05, 0.1) is 5.69 Å². The number of hydrogen-bond acceptors (Lipinski definition) is 2. The number of aromatic nitrogens is 3. The van der Waals surface area contributed by atoms with Gasteiger partial charge in [-0.1, -0.05) is 24.3 Å². The Morgan fingerprint density at radius 3 is 1.81 bits per heavy atom. The SMILES string of the molecule is Cc1cc(-c2ccncc2)nn1C(c1ccc(F)cc1)c1ccc(F)cc1. The molecule has 134 valence electrons. The smallest absolute Gasteiger partial charge is 0.123 e. The largest absolute Gasteiger partial charge is 0.265 e. The van der Waals surface area contributed by atoms with E-state index in [4.69, 9.17) is 5.10 Å². The molecule has 0 N–H and O–H groups in total. The minimum atomic E-state index is -0.300. The van der Waals surface area contributed by atoms with Crippen LogP contribution in [0.4, 0.5) is 8.78 Å². The fourth-order valence-electron chi connectivity index (χ4n) is 3.18. The van der Waals surface area contributed by atoms with E-state index in [1.807, 2.05) is 29.8 Å². The third-order valence-corrected chi connectivity index (χ3v) is 4.51. The summed E-state index contributed by atoms with van der Waals surface area (Å²) in [6, 6.07) is 18.1. The van der Waals surface area contributed by atoms with Crippen molar-refractivity contribution < 1.29 is 8.78 Å². The van der Waals surface area contributed by atoms with Crippen molar-refractivity contribution in [3.05, 3.63) is 108 Å². The minimum absolute atomic E-state index is 0.290. The van der Waals surface area contributed by atoms with Gasteiger partial charge in [0.25, 0.3) is 0 Å². The Bertz CT molecular complexity index is 994. The molecule has 4 aromatic rings. The predicted octanol–water partition coefficient (Wildman–Crippen LogP) is 5.17. The number of pyridine rings is 1. The normalized spacial score (nSPS) is 11.1. The highest BCUT2D eigenvalue weighted by Gasteiger charge is 2.20. The third kappa shape index (κ3) is 3.49. The molecule has 0 bridgehead atoms. The summed E-state index contributed by atoms with van der Waals surface area (Å²) in [5.74, 6) is -0.600. The lowest BCUT2D eigenvalue weighted by Gasteiger charge is -2.20. The molecule has 4 rings (SSSR count). The van der Waals surface area contributed by atoms with Gasteiger partial charge in [0, 0.05) is 23.7 Å². The number of halogens is 2. The quantitative estimate of drug-likeness (QED) is 0.502. The van der Waals surface area contributed by atoms with Crippen LogP contribution in [0.1, 0.15) is 22.9 Å². The fraction of sp³-hybridized carbons (Fsp3) is 0.0909. The first-order valence-electron chi connectivity index (χ1n) is 8.59. The van der Waals surface area contributed by atoms with Crippen LogP contribution in [0, 0.1) is 18.6 Å². The molecule has 27 heavy (non-hydrogen) atoms. The molecule has 0 atom stereocenters. The molecular formula is C22H17F2N3. The van der Waals surface area contributed by atoms with Crippen LogP contribution in [0.25, 0.3) is 11.3 Å². The summed E-state index contributed by atoms with van der Waals surface area (Å²) in [7, 11) is 0. The third-order valence-electron chi connectivity index (χ3n) is 4.51. The number of nitrogens with zero attached hydrogens (tertiary/aromatic N) is 3. The average molecular weight is 361 g/mol. The van der Waals surface area contributed by atoms with Crippen molar-refractivity contribution in [1.29, 1.82) is 0 Å². The first-order chi connectivity index (χ1) is 13.1. The molecule has 0 amide bonds. The Hall–Kier alpha value is -3.34. The van der Waals surface area contributed by atoms with E-state index in [1.165, 1.54) is 24.3 Å². The van der Waals surface area contributed by atoms with Crippen molar-refractivity contribution in [2.24, 2.45) is 0 Å². The molecule has 0 aliphatic carbocycles. The maximum absolute atomic E-state index is 13.4. The Morgan fingerprint density at radius 2 is 1.30 bits per heavy atom. The van der Waals surface area contributed by atoms with Gasteiger partial charge in [-0.05, 0) is 60.5 Å². The van der Waals surface area contributed by atoms with Crippen molar-refractivity contribution in [3.63, 3.8) is 0 Å². The highest BCUT2D eigenvalue weighted by molar-refractivity contribution is 5.58. The van der Waals surface area contributed by atoms with Crippen molar-refractivity contribution in [2.45, 2.75) is 13.0 Å². The fourth-order valence-corrected chi connectivity index (χ4v) is 3.18. The Balaban J connectivity index is 1.85. The Kier molecular flexibility index (Phi) is 4.50. The highest BCUT2D eigenvalue weighted by atomic mass is 19.1. The first-order valence-corrected chi connectivity index (χ1v) is 8.59. The van der Waals surface area contributed by atoms with Crippen LogP contribution in [-0.4, -0.2) is 14.8 Å². The monoisotopic (exact) mass is 361 g/mol. The van der Waals surface area contributed by atoms with Gasteiger partial charge in [-0.3, -0.25) is 9.67 Å². The second-order valence-corrected chi connectivity index (χ2v) is 6.36.